The summed E-state index contributed by atoms with van der Waals surface area (Å²) in [6.45, 7) is 3.19. The van der Waals surface area contributed by atoms with Gasteiger partial charge >= 0.3 is 0 Å². The van der Waals surface area contributed by atoms with Gasteiger partial charge < -0.3 is 0 Å². The Bertz CT molecular complexity index is 489. The van der Waals surface area contributed by atoms with Gasteiger partial charge in [-0.3, -0.25) is 9.58 Å². The third-order valence-electron chi connectivity index (χ3n) is 3.19. The second kappa shape index (κ2) is 4.63. The van der Waals surface area contributed by atoms with E-state index in [1.165, 1.54) is 10.0 Å². The summed E-state index contributed by atoms with van der Waals surface area (Å²) in [6, 6.07) is 10.9. The second-order valence-electron chi connectivity index (χ2n) is 4.43. The van der Waals surface area contributed by atoms with E-state index < -0.39 is 0 Å². The van der Waals surface area contributed by atoms with Crippen molar-refractivity contribution < 1.29 is 0 Å². The molecule has 0 saturated carbocycles. The number of likely N-dealkylation sites (tertiary alicyclic amines) is 1. The average molecular weight is 292 g/mol. The third-order valence-corrected chi connectivity index (χ3v) is 3.96. The lowest BCUT2D eigenvalue weighted by Gasteiger charge is -2.39. The van der Waals surface area contributed by atoms with Crippen LogP contribution in [-0.2, 0) is 6.54 Å². The summed E-state index contributed by atoms with van der Waals surface area (Å²) < 4.78 is 3.25. The van der Waals surface area contributed by atoms with E-state index in [2.05, 4.69) is 54.9 Å². The molecule has 1 aromatic carbocycles. The van der Waals surface area contributed by atoms with Gasteiger partial charge in [-0.15, -0.1) is 0 Å². The van der Waals surface area contributed by atoms with E-state index in [-0.39, 0.29) is 0 Å². The molecule has 88 valence electrons. The van der Waals surface area contributed by atoms with Crippen LogP contribution in [0, 0.1) is 0 Å². The Morgan fingerprint density at radius 2 is 2.06 bits per heavy atom. The Kier molecular flexibility index (Phi) is 2.99. The number of rotatable bonds is 3. The lowest BCUT2D eigenvalue weighted by atomic mass is 10.1. The summed E-state index contributed by atoms with van der Waals surface area (Å²) in [6.07, 6.45) is 3.89. The van der Waals surface area contributed by atoms with Crippen molar-refractivity contribution in [3.05, 3.63) is 52.8 Å². The molecule has 4 heteroatoms. The Balaban J connectivity index is 1.58. The summed E-state index contributed by atoms with van der Waals surface area (Å²) in [5, 5.41) is 4.28. The van der Waals surface area contributed by atoms with Crippen LogP contribution in [0.5, 0.6) is 0 Å². The first-order valence-electron chi connectivity index (χ1n) is 5.78. The molecule has 2 heterocycles. The van der Waals surface area contributed by atoms with Gasteiger partial charge in [-0.1, -0.05) is 34.1 Å². The number of hydrogen-bond donors (Lipinski definition) is 0. The van der Waals surface area contributed by atoms with E-state index in [9.17, 15) is 0 Å². The summed E-state index contributed by atoms with van der Waals surface area (Å²) >= 11 is 3.59. The molecule has 0 aliphatic carbocycles. The first-order chi connectivity index (χ1) is 8.33. The maximum Gasteiger partial charge on any atom is 0.0773 e. The summed E-state index contributed by atoms with van der Waals surface area (Å²) in [4.78, 5) is 2.44. The van der Waals surface area contributed by atoms with E-state index in [4.69, 9.17) is 0 Å². The SMILES string of the molecule is Brc1ccccc1CN1CC(n2cccn2)C1. The van der Waals surface area contributed by atoms with E-state index >= 15 is 0 Å². The summed E-state index contributed by atoms with van der Waals surface area (Å²) in [5.41, 5.74) is 1.35. The molecule has 3 nitrogen and oxygen atoms in total. The highest BCUT2D eigenvalue weighted by atomic mass is 79.9. The molecule has 0 radical (unpaired) electrons. The van der Waals surface area contributed by atoms with E-state index in [0.717, 1.165) is 19.6 Å². The highest BCUT2D eigenvalue weighted by Crippen LogP contribution is 2.25. The van der Waals surface area contributed by atoms with Crippen LogP contribution in [0.1, 0.15) is 11.6 Å². The Hall–Kier alpha value is -1.13. The van der Waals surface area contributed by atoms with Gasteiger partial charge in [0, 0.05) is 36.5 Å². The van der Waals surface area contributed by atoms with Crippen LogP contribution in [0.3, 0.4) is 0 Å². The smallest absolute Gasteiger partial charge is 0.0773 e. The predicted octanol–water partition coefficient (Wildman–Crippen LogP) is 2.70. The van der Waals surface area contributed by atoms with Crippen molar-refractivity contribution >= 4 is 15.9 Å². The fraction of sp³-hybridized carbons (Fsp3) is 0.308. The zero-order valence-corrected chi connectivity index (χ0v) is 11.0. The number of halogens is 1. The lowest BCUT2D eigenvalue weighted by molar-refractivity contribution is 0.0907. The maximum atomic E-state index is 4.28. The first kappa shape index (κ1) is 11.0. The Labute approximate surface area is 109 Å². The maximum absolute atomic E-state index is 4.28. The number of benzene rings is 1. The molecule has 3 rings (SSSR count). The molecule has 1 saturated heterocycles. The van der Waals surface area contributed by atoms with E-state index in [1.54, 1.807) is 0 Å². The van der Waals surface area contributed by atoms with Crippen LogP contribution in [0.15, 0.2) is 47.2 Å². The molecule has 17 heavy (non-hydrogen) atoms. The molecule has 0 N–H and O–H groups in total. The minimum atomic E-state index is 0.549. The molecule has 0 bridgehead atoms. The predicted molar refractivity (Wildman–Crippen MR) is 70.7 cm³/mol. The topological polar surface area (TPSA) is 21.1 Å². The first-order valence-corrected chi connectivity index (χ1v) is 6.57. The van der Waals surface area contributed by atoms with Crippen LogP contribution in [0.2, 0.25) is 0 Å². The molecule has 1 aliphatic heterocycles. The molecule has 1 aliphatic rings. The molecule has 1 fully saturated rings. The van der Waals surface area contributed by atoms with Gasteiger partial charge in [-0.25, -0.2) is 0 Å². The zero-order chi connectivity index (χ0) is 11.7. The Morgan fingerprint density at radius 3 is 2.76 bits per heavy atom. The molecular formula is C13H14BrN3. The highest BCUT2D eigenvalue weighted by Gasteiger charge is 2.28. The summed E-state index contributed by atoms with van der Waals surface area (Å²) in [7, 11) is 0. The molecular weight excluding hydrogens is 278 g/mol. The van der Waals surface area contributed by atoms with Crippen LogP contribution in [0.4, 0.5) is 0 Å². The minimum Gasteiger partial charge on any atom is -0.295 e. The summed E-state index contributed by atoms with van der Waals surface area (Å²) in [5.74, 6) is 0. The van der Waals surface area contributed by atoms with Crippen molar-refractivity contribution in [3.8, 4) is 0 Å². The van der Waals surface area contributed by atoms with E-state index in [1.807, 2.05) is 18.5 Å². The fourth-order valence-corrected chi connectivity index (χ4v) is 2.61. The van der Waals surface area contributed by atoms with Gasteiger partial charge in [0.15, 0.2) is 0 Å². The van der Waals surface area contributed by atoms with Crippen molar-refractivity contribution in [1.82, 2.24) is 14.7 Å². The van der Waals surface area contributed by atoms with Crippen molar-refractivity contribution in [2.75, 3.05) is 13.1 Å². The average Bonchev–Trinajstić information content (AvgIpc) is 2.78. The number of aromatic nitrogens is 2. The molecule has 0 atom stereocenters. The number of nitrogens with zero attached hydrogens (tertiary/aromatic N) is 3. The van der Waals surface area contributed by atoms with E-state index in [0.29, 0.717) is 6.04 Å². The van der Waals surface area contributed by atoms with Crippen molar-refractivity contribution in [3.63, 3.8) is 0 Å². The van der Waals surface area contributed by atoms with Gasteiger partial charge in [-0.05, 0) is 17.7 Å². The third kappa shape index (κ3) is 2.28. The lowest BCUT2D eigenvalue weighted by Crippen LogP contribution is -2.47. The van der Waals surface area contributed by atoms with Gasteiger partial charge in [0.25, 0.3) is 0 Å². The molecule has 0 spiro atoms. The van der Waals surface area contributed by atoms with Crippen LogP contribution in [-0.4, -0.2) is 27.8 Å². The largest absolute Gasteiger partial charge is 0.295 e. The van der Waals surface area contributed by atoms with Crippen LogP contribution in [0.25, 0.3) is 0 Å². The fourth-order valence-electron chi connectivity index (χ4n) is 2.20. The van der Waals surface area contributed by atoms with Gasteiger partial charge in [0.05, 0.1) is 6.04 Å². The Morgan fingerprint density at radius 1 is 1.24 bits per heavy atom. The van der Waals surface area contributed by atoms with Crippen LogP contribution >= 0.6 is 15.9 Å². The molecule has 2 aromatic rings. The molecule has 0 unspecified atom stereocenters. The van der Waals surface area contributed by atoms with Crippen LogP contribution < -0.4 is 0 Å². The quantitative estimate of drug-likeness (QED) is 0.867. The zero-order valence-electron chi connectivity index (χ0n) is 9.46. The van der Waals surface area contributed by atoms with Gasteiger partial charge in [0.1, 0.15) is 0 Å². The number of hydrogen-bond acceptors (Lipinski definition) is 2. The van der Waals surface area contributed by atoms with Crippen molar-refractivity contribution in [1.29, 1.82) is 0 Å². The second-order valence-corrected chi connectivity index (χ2v) is 5.28. The monoisotopic (exact) mass is 291 g/mol. The normalized spacial score (nSPS) is 17.0. The highest BCUT2D eigenvalue weighted by molar-refractivity contribution is 9.10. The standard InChI is InChI=1S/C13H14BrN3/c14-13-5-2-1-4-11(13)8-16-9-12(10-16)17-7-3-6-15-17/h1-7,12H,8-10H2. The minimum absolute atomic E-state index is 0.549. The van der Waals surface area contributed by atoms with Gasteiger partial charge in [0.2, 0.25) is 0 Å². The van der Waals surface area contributed by atoms with Crippen molar-refractivity contribution in [2.45, 2.75) is 12.6 Å². The molecule has 0 amide bonds. The molecule has 1 aromatic heterocycles. The van der Waals surface area contributed by atoms with Crippen molar-refractivity contribution in [2.24, 2.45) is 0 Å². The van der Waals surface area contributed by atoms with Gasteiger partial charge in [-0.2, -0.15) is 5.10 Å².